The molecule has 1 saturated heterocycles. The average Bonchev–Trinajstić information content (AvgIpc) is 2.03. The number of aliphatic carboxylic acids is 1. The van der Waals surface area contributed by atoms with Gasteiger partial charge in [-0.05, 0) is 0 Å². The van der Waals surface area contributed by atoms with Crippen molar-refractivity contribution in [3.63, 3.8) is 0 Å². The fourth-order valence-corrected chi connectivity index (χ4v) is 1.01. The third-order valence-corrected chi connectivity index (χ3v) is 1.72. The quantitative estimate of drug-likeness (QED) is 0.627. The Morgan fingerprint density at radius 2 is 2.31 bits per heavy atom. The number of carbonyl (C=O) groups excluding carboxylic acids is 1. The maximum absolute atomic E-state index is 10.9. The van der Waals surface area contributed by atoms with E-state index in [0.717, 1.165) is 0 Å². The molecule has 1 heterocycles. The van der Waals surface area contributed by atoms with E-state index in [0.29, 0.717) is 0 Å². The Hall–Kier alpha value is -1.04. The highest BCUT2D eigenvalue weighted by molar-refractivity contribution is 6.49. The van der Waals surface area contributed by atoms with Crippen LogP contribution in [0.15, 0.2) is 0 Å². The van der Waals surface area contributed by atoms with Gasteiger partial charge in [0.1, 0.15) is 0 Å². The summed E-state index contributed by atoms with van der Waals surface area (Å²) in [6, 6.07) is 0. The molecule has 1 N–H and O–H groups in total. The highest BCUT2D eigenvalue weighted by atomic mass is 16.6. The zero-order valence-electron chi connectivity index (χ0n) is 7.52. The Balaban J connectivity index is 2.63. The summed E-state index contributed by atoms with van der Waals surface area (Å²) < 4.78 is 9.84. The molecule has 0 spiro atoms. The molecule has 72 valence electrons. The van der Waals surface area contributed by atoms with Crippen LogP contribution in [0.4, 0.5) is 0 Å². The smallest absolute Gasteiger partial charge is 0.509 e. The van der Waals surface area contributed by atoms with Gasteiger partial charge >= 0.3 is 13.1 Å². The number of carboxylic acids is 1. The lowest BCUT2D eigenvalue weighted by atomic mass is 9.73. The van der Waals surface area contributed by atoms with Crippen molar-refractivity contribution in [2.45, 2.75) is 32.2 Å². The molecule has 1 fully saturated rings. The van der Waals surface area contributed by atoms with Gasteiger partial charge in [-0.1, -0.05) is 13.8 Å². The van der Waals surface area contributed by atoms with Crippen molar-refractivity contribution in [2.24, 2.45) is 0 Å². The van der Waals surface area contributed by atoms with Crippen LogP contribution in [0.25, 0.3) is 0 Å². The minimum absolute atomic E-state index is 0.0360. The number of rotatable bonds is 2. The summed E-state index contributed by atoms with van der Waals surface area (Å²) in [5.74, 6) is -1.68. The van der Waals surface area contributed by atoms with Crippen LogP contribution in [0.2, 0.25) is 5.82 Å². The second-order valence-corrected chi connectivity index (χ2v) is 3.27. The van der Waals surface area contributed by atoms with Crippen LogP contribution in [0.1, 0.15) is 20.3 Å². The Bertz CT molecular complexity index is 227. The van der Waals surface area contributed by atoms with Gasteiger partial charge in [-0.15, -0.1) is 0 Å². The van der Waals surface area contributed by atoms with E-state index in [-0.39, 0.29) is 12.2 Å². The first kappa shape index (κ1) is 10.0. The number of hydrogen-bond acceptors (Lipinski definition) is 4. The first-order valence-electron chi connectivity index (χ1n) is 4.08. The molecule has 0 aromatic rings. The van der Waals surface area contributed by atoms with Gasteiger partial charge in [-0.25, -0.2) is 4.79 Å². The van der Waals surface area contributed by atoms with Gasteiger partial charge in [0.2, 0.25) is 0 Å². The summed E-state index contributed by atoms with van der Waals surface area (Å²) >= 11 is 0. The zero-order valence-corrected chi connectivity index (χ0v) is 7.52. The summed E-state index contributed by atoms with van der Waals surface area (Å²) in [7, 11) is -0.734. The molecule has 0 amide bonds. The molecule has 1 aliphatic rings. The minimum atomic E-state index is -1.12. The molecule has 0 aromatic carbocycles. The summed E-state index contributed by atoms with van der Waals surface area (Å²) in [5.41, 5.74) is 0. The van der Waals surface area contributed by atoms with Crippen LogP contribution in [0, 0.1) is 0 Å². The Morgan fingerprint density at radius 1 is 1.69 bits per heavy atom. The summed E-state index contributed by atoms with van der Waals surface area (Å²) in [4.78, 5) is 21.5. The lowest BCUT2D eigenvalue weighted by Crippen LogP contribution is -2.44. The summed E-state index contributed by atoms with van der Waals surface area (Å²) in [6.45, 7) is 3.59. The van der Waals surface area contributed by atoms with Gasteiger partial charge in [-0.2, -0.15) is 0 Å². The van der Waals surface area contributed by atoms with E-state index in [9.17, 15) is 9.59 Å². The van der Waals surface area contributed by atoms with E-state index in [1.165, 1.54) is 0 Å². The van der Waals surface area contributed by atoms with Crippen molar-refractivity contribution >= 4 is 19.1 Å². The summed E-state index contributed by atoms with van der Waals surface area (Å²) in [6.07, 6.45) is -1.27. The molecule has 0 aromatic heterocycles. The van der Waals surface area contributed by atoms with Crippen LogP contribution < -0.4 is 0 Å². The van der Waals surface area contributed by atoms with Crippen LogP contribution in [-0.4, -0.2) is 30.3 Å². The predicted molar refractivity (Wildman–Crippen MR) is 44.1 cm³/mol. The third-order valence-electron chi connectivity index (χ3n) is 1.72. The maximum atomic E-state index is 10.9. The number of carboxylic acid groups (broad SMARTS) is 1. The molecule has 0 radical (unpaired) electrons. The van der Waals surface area contributed by atoms with Gasteiger partial charge in [0.05, 0.1) is 6.42 Å². The molecule has 0 saturated carbocycles. The monoisotopic (exact) mass is 186 g/mol. The Labute approximate surface area is 76.2 Å². The zero-order chi connectivity index (χ0) is 10.0. The highest BCUT2D eigenvalue weighted by Gasteiger charge is 2.39. The van der Waals surface area contributed by atoms with Crippen LogP contribution in [0.3, 0.4) is 0 Å². The number of carbonyl (C=O) groups is 2. The largest absolute Gasteiger partial charge is 0.530 e. The van der Waals surface area contributed by atoms with E-state index in [1.54, 1.807) is 13.8 Å². The van der Waals surface area contributed by atoms with E-state index < -0.39 is 25.2 Å². The van der Waals surface area contributed by atoms with Crippen molar-refractivity contribution in [2.75, 3.05) is 0 Å². The van der Waals surface area contributed by atoms with Gasteiger partial charge in [-0.3, -0.25) is 4.79 Å². The third kappa shape index (κ3) is 2.45. The van der Waals surface area contributed by atoms with Crippen LogP contribution in [-0.2, 0) is 18.9 Å². The molecular formula is C7H11BO5. The number of hydrogen-bond donors (Lipinski definition) is 1. The maximum Gasteiger partial charge on any atom is 0.530 e. The SMILES string of the molecule is CC(C)B1OC(=O)CC(C(=O)O)O1. The topological polar surface area (TPSA) is 72.8 Å². The molecule has 1 unspecified atom stereocenters. The van der Waals surface area contributed by atoms with Crippen molar-refractivity contribution in [1.29, 1.82) is 0 Å². The van der Waals surface area contributed by atoms with E-state index >= 15 is 0 Å². The van der Waals surface area contributed by atoms with Gasteiger partial charge in [0.15, 0.2) is 6.10 Å². The molecule has 6 heteroatoms. The predicted octanol–water partition coefficient (Wildman–Crippen LogP) is 0.301. The molecule has 0 aliphatic carbocycles. The van der Waals surface area contributed by atoms with Crippen molar-refractivity contribution in [1.82, 2.24) is 0 Å². The van der Waals surface area contributed by atoms with E-state index in [4.69, 9.17) is 14.4 Å². The first-order chi connectivity index (χ1) is 6.00. The minimum Gasteiger partial charge on any atom is -0.509 e. The van der Waals surface area contributed by atoms with Gasteiger partial charge < -0.3 is 14.4 Å². The fraction of sp³-hybridized carbons (Fsp3) is 0.714. The second-order valence-electron chi connectivity index (χ2n) is 3.27. The molecule has 5 nitrogen and oxygen atoms in total. The molecule has 1 aliphatic heterocycles. The second kappa shape index (κ2) is 3.78. The van der Waals surface area contributed by atoms with Crippen LogP contribution in [0.5, 0.6) is 0 Å². The first-order valence-corrected chi connectivity index (χ1v) is 4.08. The standard InChI is InChI=1S/C7H11BO5/c1-4(2)8-12-5(7(10)11)3-6(9)13-8/h4-5H,3H2,1-2H3,(H,10,11). The van der Waals surface area contributed by atoms with Gasteiger partial charge in [0, 0.05) is 5.82 Å². The highest BCUT2D eigenvalue weighted by Crippen LogP contribution is 2.19. The molecule has 0 bridgehead atoms. The lowest BCUT2D eigenvalue weighted by Gasteiger charge is -2.26. The van der Waals surface area contributed by atoms with Crippen molar-refractivity contribution < 1.29 is 24.0 Å². The summed E-state index contributed by atoms with van der Waals surface area (Å²) in [5, 5.41) is 8.62. The van der Waals surface area contributed by atoms with E-state index in [1.807, 2.05) is 0 Å². The Morgan fingerprint density at radius 3 is 2.77 bits per heavy atom. The molecule has 1 rings (SSSR count). The van der Waals surface area contributed by atoms with Crippen LogP contribution >= 0.6 is 0 Å². The fourth-order valence-electron chi connectivity index (χ4n) is 1.01. The van der Waals surface area contributed by atoms with Gasteiger partial charge in [0.25, 0.3) is 5.97 Å². The average molecular weight is 186 g/mol. The molecule has 13 heavy (non-hydrogen) atoms. The van der Waals surface area contributed by atoms with Crippen molar-refractivity contribution in [3.05, 3.63) is 0 Å². The molecule has 1 atom stereocenters. The van der Waals surface area contributed by atoms with Crippen molar-refractivity contribution in [3.8, 4) is 0 Å². The molecular weight excluding hydrogens is 175 g/mol. The lowest BCUT2D eigenvalue weighted by molar-refractivity contribution is -0.157. The normalized spacial score (nSPS) is 23.2. The van der Waals surface area contributed by atoms with E-state index in [2.05, 4.69) is 0 Å². The Kier molecular flexibility index (Phi) is 2.92.